The maximum absolute atomic E-state index is 13.1. The largest absolute Gasteiger partial charge is 0.334 e. The van der Waals surface area contributed by atoms with Crippen molar-refractivity contribution in [3.05, 3.63) is 51.0 Å². The first-order valence-electron chi connectivity index (χ1n) is 7.92. The molecule has 1 N–H and O–H groups in total. The minimum atomic E-state index is -0.411. The second-order valence-corrected chi connectivity index (χ2v) is 6.64. The van der Waals surface area contributed by atoms with E-state index in [0.29, 0.717) is 22.6 Å². The second-order valence-electron chi connectivity index (χ2n) is 6.26. The predicted octanol–water partition coefficient (Wildman–Crippen LogP) is 3.66. The lowest BCUT2D eigenvalue weighted by Crippen LogP contribution is -2.42. The van der Waals surface area contributed by atoms with Gasteiger partial charge >= 0.3 is 0 Å². The first-order chi connectivity index (χ1) is 11.2. The van der Waals surface area contributed by atoms with E-state index in [-0.39, 0.29) is 23.0 Å². The Balaban J connectivity index is 2.65. The highest BCUT2D eigenvalue weighted by atomic mass is 35.5. The van der Waals surface area contributed by atoms with E-state index < -0.39 is 5.56 Å². The molecule has 1 heterocycles. The lowest BCUT2D eigenvalue weighted by molar-refractivity contribution is 0.0644. The molecule has 0 radical (unpaired) electrons. The van der Waals surface area contributed by atoms with Crippen molar-refractivity contribution >= 4 is 17.5 Å². The third-order valence-corrected chi connectivity index (χ3v) is 4.09. The summed E-state index contributed by atoms with van der Waals surface area (Å²) in [5.41, 5.74) is 0.965. The molecule has 2 rings (SSSR count). The van der Waals surface area contributed by atoms with Crippen molar-refractivity contribution in [2.75, 3.05) is 0 Å². The number of aromatic amines is 1. The third-order valence-electron chi connectivity index (χ3n) is 3.74. The molecule has 0 spiro atoms. The van der Waals surface area contributed by atoms with E-state index in [9.17, 15) is 9.59 Å². The van der Waals surface area contributed by atoms with Crippen molar-refractivity contribution in [3.8, 4) is 11.3 Å². The zero-order valence-corrected chi connectivity index (χ0v) is 15.3. The molecule has 1 aromatic carbocycles. The Bertz CT molecular complexity index is 804. The van der Waals surface area contributed by atoms with Gasteiger partial charge in [0.1, 0.15) is 10.8 Å². The van der Waals surface area contributed by atoms with Gasteiger partial charge in [0.15, 0.2) is 0 Å². The van der Waals surface area contributed by atoms with Gasteiger partial charge in [-0.1, -0.05) is 29.8 Å². The van der Waals surface area contributed by atoms with Crippen LogP contribution >= 0.6 is 11.6 Å². The molecule has 1 amide bonds. The van der Waals surface area contributed by atoms with E-state index in [4.69, 9.17) is 11.6 Å². The summed E-state index contributed by atoms with van der Waals surface area (Å²) >= 11 is 6.15. The zero-order valence-electron chi connectivity index (χ0n) is 14.6. The molecular weight excluding hydrogens is 326 g/mol. The summed E-state index contributed by atoms with van der Waals surface area (Å²) in [5.74, 6) is 0.345. The van der Waals surface area contributed by atoms with E-state index in [0.717, 1.165) is 0 Å². The number of nitrogens with one attached hydrogen (secondary N) is 1. The number of nitrogens with zero attached hydrogens (tertiary/aromatic N) is 2. The number of H-pyrrole nitrogens is 1. The molecule has 0 saturated carbocycles. The number of halogens is 1. The molecule has 0 bridgehead atoms. The monoisotopic (exact) mass is 347 g/mol. The molecule has 0 aliphatic carbocycles. The van der Waals surface area contributed by atoms with Crippen molar-refractivity contribution in [1.29, 1.82) is 0 Å². The van der Waals surface area contributed by atoms with Crippen LogP contribution in [0.1, 0.15) is 43.9 Å². The number of amides is 1. The molecular formula is C18H22ClN3O2. The lowest BCUT2D eigenvalue weighted by atomic mass is 10.0. The van der Waals surface area contributed by atoms with Crippen LogP contribution in [-0.2, 0) is 0 Å². The quantitative estimate of drug-likeness (QED) is 0.917. The van der Waals surface area contributed by atoms with Crippen LogP contribution in [0, 0.1) is 6.92 Å². The van der Waals surface area contributed by atoms with Crippen LogP contribution in [0.4, 0.5) is 0 Å². The van der Waals surface area contributed by atoms with Gasteiger partial charge in [-0.3, -0.25) is 9.59 Å². The van der Waals surface area contributed by atoms with Gasteiger partial charge in [-0.05, 0) is 40.7 Å². The maximum Gasteiger partial charge on any atom is 0.270 e. The van der Waals surface area contributed by atoms with E-state index in [2.05, 4.69) is 9.97 Å². The highest BCUT2D eigenvalue weighted by molar-refractivity contribution is 6.33. The van der Waals surface area contributed by atoms with Crippen molar-refractivity contribution < 1.29 is 4.79 Å². The maximum atomic E-state index is 13.1. The van der Waals surface area contributed by atoms with Crippen LogP contribution in [0.15, 0.2) is 29.1 Å². The summed E-state index contributed by atoms with van der Waals surface area (Å²) in [5, 5.41) is -0.0125. The summed E-state index contributed by atoms with van der Waals surface area (Å²) in [6.07, 6.45) is 0. The normalized spacial score (nSPS) is 11.2. The minimum absolute atomic E-state index is 0.0125. The Morgan fingerprint density at radius 3 is 2.33 bits per heavy atom. The SMILES string of the molecule is Cc1nc(-c2ccccc2C(=O)N(C(C)C)C(C)C)c(Cl)c(=O)[nH]1. The molecule has 6 heteroatoms. The minimum Gasteiger partial charge on any atom is -0.334 e. The van der Waals surface area contributed by atoms with Gasteiger partial charge in [-0.2, -0.15) is 0 Å². The van der Waals surface area contributed by atoms with Gasteiger partial charge in [0.25, 0.3) is 11.5 Å². The van der Waals surface area contributed by atoms with Crippen LogP contribution in [0.3, 0.4) is 0 Å². The topological polar surface area (TPSA) is 66.1 Å². The Kier molecular flexibility index (Phi) is 5.44. The standard InChI is InChI=1S/C18H22ClN3O2/c1-10(2)22(11(3)4)18(24)14-9-7-6-8-13(14)16-15(19)17(23)21-12(5)20-16/h6-11H,1-5H3,(H,20,21,23). The lowest BCUT2D eigenvalue weighted by Gasteiger charge is -2.31. The Labute approximate surface area is 146 Å². The fraction of sp³-hybridized carbons (Fsp3) is 0.389. The molecule has 24 heavy (non-hydrogen) atoms. The number of carbonyl (C=O) groups excluding carboxylic acids is 1. The molecule has 0 saturated heterocycles. The van der Waals surface area contributed by atoms with Gasteiger partial charge in [-0.25, -0.2) is 4.98 Å². The fourth-order valence-electron chi connectivity index (χ4n) is 2.83. The van der Waals surface area contributed by atoms with Gasteiger partial charge < -0.3 is 9.88 Å². The second kappa shape index (κ2) is 7.18. The Morgan fingerprint density at radius 2 is 1.75 bits per heavy atom. The van der Waals surface area contributed by atoms with E-state index >= 15 is 0 Å². The number of aromatic nitrogens is 2. The fourth-order valence-corrected chi connectivity index (χ4v) is 3.02. The van der Waals surface area contributed by atoms with Gasteiger partial charge in [0, 0.05) is 23.2 Å². The third kappa shape index (κ3) is 3.51. The molecule has 5 nitrogen and oxygen atoms in total. The average molecular weight is 348 g/mol. The van der Waals surface area contributed by atoms with Crippen molar-refractivity contribution in [1.82, 2.24) is 14.9 Å². The highest BCUT2D eigenvalue weighted by Gasteiger charge is 2.25. The van der Waals surface area contributed by atoms with Gasteiger partial charge in [0.05, 0.1) is 5.69 Å². The summed E-state index contributed by atoms with van der Waals surface area (Å²) in [7, 11) is 0. The number of benzene rings is 1. The van der Waals surface area contributed by atoms with Crippen LogP contribution in [0.25, 0.3) is 11.3 Å². The first-order valence-corrected chi connectivity index (χ1v) is 8.30. The van der Waals surface area contributed by atoms with Gasteiger partial charge in [0.2, 0.25) is 0 Å². The number of hydrogen-bond donors (Lipinski definition) is 1. The number of aryl methyl sites for hydroxylation is 1. The molecule has 0 aliphatic rings. The number of rotatable bonds is 4. The van der Waals surface area contributed by atoms with Crippen molar-refractivity contribution in [2.45, 2.75) is 46.7 Å². The first kappa shape index (κ1) is 18.2. The summed E-state index contributed by atoms with van der Waals surface area (Å²) in [6, 6.07) is 7.20. The van der Waals surface area contributed by atoms with Crippen LogP contribution in [-0.4, -0.2) is 32.9 Å². The van der Waals surface area contributed by atoms with Crippen LogP contribution in [0.5, 0.6) is 0 Å². The Morgan fingerprint density at radius 1 is 1.17 bits per heavy atom. The molecule has 0 unspecified atom stereocenters. The summed E-state index contributed by atoms with van der Waals surface area (Å²) < 4.78 is 0. The van der Waals surface area contributed by atoms with E-state index in [1.54, 1.807) is 36.1 Å². The molecule has 128 valence electrons. The van der Waals surface area contributed by atoms with E-state index in [1.165, 1.54) is 0 Å². The molecule has 0 aliphatic heterocycles. The van der Waals surface area contributed by atoms with E-state index in [1.807, 2.05) is 27.7 Å². The smallest absolute Gasteiger partial charge is 0.270 e. The highest BCUT2D eigenvalue weighted by Crippen LogP contribution is 2.28. The van der Waals surface area contributed by atoms with Crippen molar-refractivity contribution in [3.63, 3.8) is 0 Å². The van der Waals surface area contributed by atoms with Crippen molar-refractivity contribution in [2.24, 2.45) is 0 Å². The molecule has 0 fully saturated rings. The number of hydrogen-bond acceptors (Lipinski definition) is 3. The average Bonchev–Trinajstić information content (AvgIpc) is 2.50. The summed E-state index contributed by atoms with van der Waals surface area (Å²) in [6.45, 7) is 9.58. The van der Waals surface area contributed by atoms with Crippen LogP contribution in [0.2, 0.25) is 5.02 Å². The predicted molar refractivity (Wildman–Crippen MR) is 96.5 cm³/mol. The molecule has 0 atom stereocenters. The van der Waals surface area contributed by atoms with Crippen LogP contribution < -0.4 is 5.56 Å². The summed E-state index contributed by atoms with van der Waals surface area (Å²) in [4.78, 5) is 33.7. The zero-order chi connectivity index (χ0) is 18.0. The Hall–Kier alpha value is -2.14. The molecule has 1 aromatic heterocycles. The number of carbonyl (C=O) groups is 1. The van der Waals surface area contributed by atoms with Gasteiger partial charge in [-0.15, -0.1) is 0 Å². The molecule has 2 aromatic rings.